The smallest absolute Gasteiger partial charge is 0.315 e. The van der Waals surface area contributed by atoms with Crippen molar-refractivity contribution in [2.24, 2.45) is 5.92 Å². The topological polar surface area (TPSA) is 81.7 Å². The van der Waals surface area contributed by atoms with Crippen LogP contribution in [0, 0.1) is 5.92 Å². The van der Waals surface area contributed by atoms with E-state index < -0.39 is 11.9 Å². The molecule has 0 aromatic carbocycles. The summed E-state index contributed by atoms with van der Waals surface area (Å²) in [4.78, 5) is 24.7. The van der Waals surface area contributed by atoms with E-state index in [1.807, 2.05) is 19.0 Å². The van der Waals surface area contributed by atoms with E-state index in [1.165, 1.54) is 0 Å². The summed E-state index contributed by atoms with van der Waals surface area (Å²) in [7, 11) is 3.86. The summed E-state index contributed by atoms with van der Waals surface area (Å²) < 4.78 is 0. The lowest BCUT2D eigenvalue weighted by molar-refractivity contribution is -0.143. The lowest BCUT2D eigenvalue weighted by Gasteiger charge is -2.29. The first-order valence-electron chi connectivity index (χ1n) is 6.42. The number of hydrogen-bond donors (Lipinski definition) is 3. The fraction of sp³-hybridized carbons (Fsp3) is 0.833. The Morgan fingerprint density at radius 3 is 2.56 bits per heavy atom. The number of amides is 2. The molecular formula is C12H23N3O3. The van der Waals surface area contributed by atoms with Crippen molar-refractivity contribution in [3.05, 3.63) is 0 Å². The van der Waals surface area contributed by atoms with Crippen LogP contribution in [0.4, 0.5) is 4.79 Å². The van der Waals surface area contributed by atoms with Gasteiger partial charge in [0.1, 0.15) is 0 Å². The number of likely N-dealkylation sites (N-methyl/N-ethyl adjacent to an activating group) is 1. The van der Waals surface area contributed by atoms with Crippen LogP contribution in [0.5, 0.6) is 0 Å². The van der Waals surface area contributed by atoms with E-state index in [0.717, 1.165) is 25.8 Å². The Balaban J connectivity index is 2.34. The molecule has 1 rings (SSSR count). The largest absolute Gasteiger partial charge is 0.481 e. The van der Waals surface area contributed by atoms with Gasteiger partial charge in [0.05, 0.1) is 5.92 Å². The Hall–Kier alpha value is -1.30. The van der Waals surface area contributed by atoms with Gasteiger partial charge in [-0.3, -0.25) is 4.79 Å². The molecule has 0 aliphatic heterocycles. The predicted molar refractivity (Wildman–Crippen MR) is 68.5 cm³/mol. The molecular weight excluding hydrogens is 234 g/mol. The van der Waals surface area contributed by atoms with Gasteiger partial charge in [-0.2, -0.15) is 0 Å². The van der Waals surface area contributed by atoms with Crippen molar-refractivity contribution >= 4 is 12.0 Å². The molecule has 0 aromatic heterocycles. The second-order valence-corrected chi connectivity index (χ2v) is 5.04. The van der Waals surface area contributed by atoms with Crippen LogP contribution in [0.3, 0.4) is 0 Å². The number of hydrogen-bond acceptors (Lipinski definition) is 3. The predicted octanol–water partition coefficient (Wildman–Crippen LogP) is 0.491. The Labute approximate surface area is 108 Å². The highest BCUT2D eigenvalue weighted by Gasteiger charge is 2.31. The van der Waals surface area contributed by atoms with Crippen molar-refractivity contribution in [1.82, 2.24) is 15.5 Å². The number of carboxylic acids is 1. The number of carbonyl (C=O) groups excluding carboxylic acids is 1. The summed E-state index contributed by atoms with van der Waals surface area (Å²) in [5.41, 5.74) is 0. The monoisotopic (exact) mass is 257 g/mol. The molecule has 0 spiro atoms. The lowest BCUT2D eigenvalue weighted by atomic mass is 9.84. The Kier molecular flexibility index (Phi) is 5.91. The number of rotatable bonds is 5. The average molecular weight is 257 g/mol. The van der Waals surface area contributed by atoms with Gasteiger partial charge >= 0.3 is 12.0 Å². The van der Waals surface area contributed by atoms with Crippen LogP contribution in [0.25, 0.3) is 0 Å². The van der Waals surface area contributed by atoms with Gasteiger partial charge in [-0.25, -0.2) is 4.79 Å². The minimum Gasteiger partial charge on any atom is -0.481 e. The molecule has 6 nitrogen and oxygen atoms in total. The van der Waals surface area contributed by atoms with E-state index in [9.17, 15) is 9.59 Å². The van der Waals surface area contributed by atoms with Crippen LogP contribution >= 0.6 is 0 Å². The van der Waals surface area contributed by atoms with Crippen LogP contribution in [0.2, 0.25) is 0 Å². The second kappa shape index (κ2) is 7.20. The molecule has 2 atom stereocenters. The molecule has 0 bridgehead atoms. The van der Waals surface area contributed by atoms with E-state index in [1.54, 1.807) is 0 Å². The molecule has 0 heterocycles. The van der Waals surface area contributed by atoms with E-state index in [-0.39, 0.29) is 12.1 Å². The third-order valence-corrected chi connectivity index (χ3v) is 3.24. The molecule has 0 radical (unpaired) electrons. The first-order chi connectivity index (χ1) is 8.50. The van der Waals surface area contributed by atoms with E-state index in [0.29, 0.717) is 13.0 Å². The molecule has 104 valence electrons. The molecule has 2 amide bonds. The molecule has 6 heteroatoms. The number of carboxylic acid groups (broad SMARTS) is 1. The van der Waals surface area contributed by atoms with Gasteiger partial charge in [-0.05, 0) is 26.9 Å². The number of aliphatic carboxylic acids is 1. The summed E-state index contributed by atoms with van der Waals surface area (Å²) >= 11 is 0. The molecule has 2 unspecified atom stereocenters. The summed E-state index contributed by atoms with van der Waals surface area (Å²) in [5, 5.41) is 14.6. The maximum absolute atomic E-state index is 11.6. The van der Waals surface area contributed by atoms with Crippen LogP contribution < -0.4 is 10.6 Å². The summed E-state index contributed by atoms with van der Waals surface area (Å²) in [5.74, 6) is -1.26. The van der Waals surface area contributed by atoms with Crippen molar-refractivity contribution in [3.8, 4) is 0 Å². The maximum Gasteiger partial charge on any atom is 0.315 e. The van der Waals surface area contributed by atoms with Crippen LogP contribution in [0.1, 0.15) is 25.7 Å². The van der Waals surface area contributed by atoms with Crippen molar-refractivity contribution < 1.29 is 14.7 Å². The third kappa shape index (κ3) is 4.91. The average Bonchev–Trinajstić information content (AvgIpc) is 2.28. The third-order valence-electron chi connectivity index (χ3n) is 3.24. The van der Waals surface area contributed by atoms with Gasteiger partial charge in [0.15, 0.2) is 0 Å². The molecule has 18 heavy (non-hydrogen) atoms. The molecule has 1 aliphatic rings. The van der Waals surface area contributed by atoms with Crippen molar-refractivity contribution in [2.75, 3.05) is 27.2 Å². The van der Waals surface area contributed by atoms with Crippen LogP contribution in [0.15, 0.2) is 0 Å². The molecule has 0 aromatic rings. The summed E-state index contributed by atoms with van der Waals surface area (Å²) in [6.07, 6.45) is 3.31. The van der Waals surface area contributed by atoms with Gasteiger partial charge in [-0.1, -0.05) is 12.8 Å². The zero-order valence-corrected chi connectivity index (χ0v) is 11.1. The van der Waals surface area contributed by atoms with Gasteiger partial charge in [0.2, 0.25) is 0 Å². The fourth-order valence-corrected chi connectivity index (χ4v) is 2.21. The van der Waals surface area contributed by atoms with Gasteiger partial charge in [0, 0.05) is 19.1 Å². The highest BCUT2D eigenvalue weighted by Crippen LogP contribution is 2.24. The summed E-state index contributed by atoms with van der Waals surface area (Å²) in [6, 6.07) is -0.509. The SMILES string of the molecule is CN(C)CCNC(=O)NC1CCCCC1C(=O)O. The fourth-order valence-electron chi connectivity index (χ4n) is 2.21. The number of nitrogens with one attached hydrogen (secondary N) is 2. The molecule has 1 fully saturated rings. The first-order valence-corrected chi connectivity index (χ1v) is 6.42. The van der Waals surface area contributed by atoms with Gasteiger partial charge in [-0.15, -0.1) is 0 Å². The van der Waals surface area contributed by atoms with Crippen LogP contribution in [-0.4, -0.2) is 55.2 Å². The molecule has 1 saturated carbocycles. The van der Waals surface area contributed by atoms with Crippen molar-refractivity contribution in [1.29, 1.82) is 0 Å². The zero-order valence-electron chi connectivity index (χ0n) is 11.1. The van der Waals surface area contributed by atoms with Crippen molar-refractivity contribution in [3.63, 3.8) is 0 Å². The first kappa shape index (κ1) is 14.8. The molecule has 0 saturated heterocycles. The minimum atomic E-state index is -0.812. The number of urea groups is 1. The Bertz CT molecular complexity index is 294. The van der Waals surface area contributed by atoms with Crippen molar-refractivity contribution in [2.45, 2.75) is 31.7 Å². The quantitative estimate of drug-likeness (QED) is 0.669. The minimum absolute atomic E-state index is 0.240. The van der Waals surface area contributed by atoms with Gasteiger partial charge in [0.25, 0.3) is 0 Å². The highest BCUT2D eigenvalue weighted by molar-refractivity contribution is 5.76. The summed E-state index contributed by atoms with van der Waals surface area (Å²) in [6.45, 7) is 1.32. The number of carbonyl (C=O) groups is 2. The number of nitrogens with zero attached hydrogens (tertiary/aromatic N) is 1. The standard InChI is InChI=1S/C12H23N3O3/c1-15(2)8-7-13-12(18)14-10-6-4-3-5-9(10)11(16)17/h9-10H,3-8H2,1-2H3,(H,16,17)(H2,13,14,18). The second-order valence-electron chi connectivity index (χ2n) is 5.04. The maximum atomic E-state index is 11.6. The lowest BCUT2D eigenvalue weighted by Crippen LogP contribution is -2.49. The van der Waals surface area contributed by atoms with E-state index in [4.69, 9.17) is 5.11 Å². The Morgan fingerprint density at radius 1 is 1.28 bits per heavy atom. The Morgan fingerprint density at radius 2 is 1.94 bits per heavy atom. The molecule has 1 aliphatic carbocycles. The van der Waals surface area contributed by atoms with E-state index >= 15 is 0 Å². The van der Waals surface area contributed by atoms with Gasteiger partial charge < -0.3 is 20.6 Å². The van der Waals surface area contributed by atoms with E-state index in [2.05, 4.69) is 10.6 Å². The highest BCUT2D eigenvalue weighted by atomic mass is 16.4. The zero-order chi connectivity index (χ0) is 13.5. The van der Waals surface area contributed by atoms with Crippen LogP contribution in [-0.2, 0) is 4.79 Å². The molecule has 3 N–H and O–H groups in total. The normalized spacial score (nSPS) is 23.7.